The highest BCUT2D eigenvalue weighted by molar-refractivity contribution is 7.80. The number of hydrazine groups is 1. The number of nitrogens with zero attached hydrogens (tertiary/aromatic N) is 1. The fourth-order valence-electron chi connectivity index (χ4n) is 2.30. The Bertz CT molecular complexity index is 699. The molecular formula is C18H24ClN3O4S. The number of ether oxygens (including phenoxy) is 3. The number of nitrogens with one attached hydrogen (secondary N) is 2. The van der Waals surface area contributed by atoms with Gasteiger partial charge in [-0.05, 0) is 42.4 Å². The number of carbonyl (C=O) groups excluding carboxylic acids is 1. The van der Waals surface area contributed by atoms with Crippen LogP contribution in [0.25, 0.3) is 6.08 Å². The molecule has 0 saturated carbocycles. The number of halogens is 1. The molecule has 7 nitrogen and oxygen atoms in total. The Kier molecular flexibility index (Phi) is 8.63. The van der Waals surface area contributed by atoms with E-state index in [0.29, 0.717) is 48.0 Å². The van der Waals surface area contributed by atoms with Crippen LogP contribution in [0.3, 0.4) is 0 Å². The van der Waals surface area contributed by atoms with E-state index in [-0.39, 0.29) is 5.91 Å². The predicted octanol–water partition coefficient (Wildman–Crippen LogP) is 2.39. The average Bonchev–Trinajstić information content (AvgIpc) is 2.89. The molecule has 0 aromatic heterocycles. The number of amides is 1. The normalized spacial score (nSPS) is 13.1. The molecule has 1 heterocycles. The number of rotatable bonds is 6. The minimum absolute atomic E-state index is 0.318. The number of carbonyl (C=O) groups is 1. The van der Waals surface area contributed by atoms with Gasteiger partial charge in [0, 0.05) is 39.8 Å². The quantitative estimate of drug-likeness (QED) is 0.321. The van der Waals surface area contributed by atoms with Gasteiger partial charge in [0.05, 0.1) is 18.2 Å². The molecule has 148 valence electrons. The number of fused-ring (bicyclic) bond motifs is 1. The smallest absolute Gasteiger partial charge is 0.262 e. The van der Waals surface area contributed by atoms with E-state index in [1.54, 1.807) is 32.4 Å². The van der Waals surface area contributed by atoms with Crippen molar-refractivity contribution in [3.63, 3.8) is 0 Å². The molecule has 1 aliphatic heterocycles. The Morgan fingerprint density at radius 3 is 2.96 bits per heavy atom. The Morgan fingerprint density at radius 1 is 1.41 bits per heavy atom. The van der Waals surface area contributed by atoms with Gasteiger partial charge in [0.2, 0.25) is 0 Å². The summed E-state index contributed by atoms with van der Waals surface area (Å²) in [6, 6.07) is 3.52. The second kappa shape index (κ2) is 11.0. The fraction of sp³-hybridized carbons (Fsp3) is 0.444. The van der Waals surface area contributed by atoms with E-state index in [4.69, 9.17) is 38.0 Å². The van der Waals surface area contributed by atoms with Crippen molar-refractivity contribution < 1.29 is 19.0 Å². The maximum atomic E-state index is 12.1. The third-order valence-corrected chi connectivity index (χ3v) is 4.33. The number of benzene rings is 1. The van der Waals surface area contributed by atoms with E-state index >= 15 is 0 Å². The third-order valence-electron chi connectivity index (χ3n) is 3.64. The van der Waals surface area contributed by atoms with Crippen LogP contribution in [0.1, 0.15) is 18.4 Å². The van der Waals surface area contributed by atoms with Crippen molar-refractivity contribution in [1.29, 1.82) is 0 Å². The first-order valence-corrected chi connectivity index (χ1v) is 9.38. The van der Waals surface area contributed by atoms with Crippen LogP contribution in [0.5, 0.6) is 11.5 Å². The summed E-state index contributed by atoms with van der Waals surface area (Å²) in [7, 11) is 3.31. The summed E-state index contributed by atoms with van der Waals surface area (Å²) in [5.41, 5.74) is 3.40. The van der Waals surface area contributed by atoms with Crippen molar-refractivity contribution in [2.45, 2.75) is 12.8 Å². The zero-order valence-corrected chi connectivity index (χ0v) is 17.0. The highest BCUT2D eigenvalue weighted by Gasteiger charge is 2.15. The van der Waals surface area contributed by atoms with Crippen LogP contribution in [0.2, 0.25) is 5.02 Å². The van der Waals surface area contributed by atoms with Gasteiger partial charge in [0.15, 0.2) is 16.6 Å². The molecule has 9 heteroatoms. The largest absolute Gasteiger partial charge is 0.489 e. The number of hydrogen-bond donors (Lipinski definition) is 2. The van der Waals surface area contributed by atoms with E-state index in [1.165, 1.54) is 11.1 Å². The minimum Gasteiger partial charge on any atom is -0.489 e. The molecule has 27 heavy (non-hydrogen) atoms. The molecular weight excluding hydrogens is 390 g/mol. The third kappa shape index (κ3) is 6.89. The molecule has 0 bridgehead atoms. The van der Waals surface area contributed by atoms with E-state index < -0.39 is 0 Å². The summed E-state index contributed by atoms with van der Waals surface area (Å²) in [5.74, 6) is 0.806. The molecule has 2 N–H and O–H groups in total. The van der Waals surface area contributed by atoms with E-state index in [2.05, 4.69) is 10.7 Å². The fourth-order valence-corrected chi connectivity index (χ4v) is 2.72. The maximum Gasteiger partial charge on any atom is 0.262 e. The van der Waals surface area contributed by atoms with Crippen LogP contribution >= 0.6 is 23.8 Å². The number of hydrogen-bond acceptors (Lipinski definition) is 5. The molecule has 0 fully saturated rings. The van der Waals surface area contributed by atoms with Crippen molar-refractivity contribution in [3.05, 3.63) is 28.8 Å². The van der Waals surface area contributed by atoms with Gasteiger partial charge in [0.25, 0.3) is 5.91 Å². The molecule has 0 unspecified atom stereocenters. The monoisotopic (exact) mass is 413 g/mol. The SMILES string of the molecule is COCCCNC(=S)N(C)NC(=O)/C=C/c1cc(Cl)c2c(c1)OCCCO2. The van der Waals surface area contributed by atoms with E-state index in [0.717, 1.165) is 18.4 Å². The van der Waals surface area contributed by atoms with Gasteiger partial charge >= 0.3 is 0 Å². The lowest BCUT2D eigenvalue weighted by molar-refractivity contribution is -0.119. The molecule has 1 aromatic carbocycles. The summed E-state index contributed by atoms with van der Waals surface area (Å²) in [6.07, 6.45) is 4.67. The second-order valence-corrected chi connectivity index (χ2v) is 6.62. The summed E-state index contributed by atoms with van der Waals surface area (Å²) >= 11 is 11.5. The average molecular weight is 414 g/mol. The van der Waals surface area contributed by atoms with Crippen LogP contribution in [0.4, 0.5) is 0 Å². The van der Waals surface area contributed by atoms with Gasteiger partial charge in [-0.2, -0.15) is 0 Å². The molecule has 1 aliphatic rings. The standard InChI is InChI=1S/C18H24ClN3O4S/c1-22(18(27)20-7-3-8-24-2)21-16(23)6-5-13-11-14(19)17-15(12-13)25-9-4-10-26-17/h5-6,11-12H,3-4,7-10H2,1-2H3,(H,20,27)(H,21,23)/b6-5+. The first kappa shape index (κ1) is 21.3. The Morgan fingerprint density at radius 2 is 2.19 bits per heavy atom. The summed E-state index contributed by atoms with van der Waals surface area (Å²) in [6.45, 7) is 2.44. The van der Waals surface area contributed by atoms with Crippen molar-refractivity contribution in [1.82, 2.24) is 15.8 Å². The van der Waals surface area contributed by atoms with Gasteiger partial charge in [-0.3, -0.25) is 15.2 Å². The van der Waals surface area contributed by atoms with Gasteiger partial charge in [0.1, 0.15) is 0 Å². The summed E-state index contributed by atoms with van der Waals surface area (Å²) < 4.78 is 16.2. The van der Waals surface area contributed by atoms with E-state index in [9.17, 15) is 4.79 Å². The first-order valence-electron chi connectivity index (χ1n) is 8.59. The molecule has 1 aromatic rings. The van der Waals surface area contributed by atoms with Crippen molar-refractivity contribution in [2.75, 3.05) is 40.5 Å². The molecule has 0 atom stereocenters. The molecule has 0 aliphatic carbocycles. The minimum atomic E-state index is -0.318. The Balaban J connectivity index is 1.89. The van der Waals surface area contributed by atoms with Crippen molar-refractivity contribution in [2.24, 2.45) is 0 Å². The van der Waals surface area contributed by atoms with Crippen molar-refractivity contribution >= 4 is 40.9 Å². The summed E-state index contributed by atoms with van der Waals surface area (Å²) in [4.78, 5) is 12.1. The first-order chi connectivity index (χ1) is 13.0. The van der Waals surface area contributed by atoms with Gasteiger partial charge in [-0.25, -0.2) is 0 Å². The summed E-state index contributed by atoms with van der Waals surface area (Å²) in [5, 5.41) is 5.36. The van der Waals surface area contributed by atoms with Crippen molar-refractivity contribution in [3.8, 4) is 11.5 Å². The highest BCUT2D eigenvalue weighted by atomic mass is 35.5. The zero-order chi connectivity index (χ0) is 19.6. The maximum absolute atomic E-state index is 12.1. The van der Waals surface area contributed by atoms with E-state index in [1.807, 2.05) is 0 Å². The van der Waals surface area contributed by atoms with Crippen LogP contribution in [-0.2, 0) is 9.53 Å². The molecule has 0 radical (unpaired) electrons. The number of thiocarbonyl (C=S) groups is 1. The van der Waals surface area contributed by atoms with Crippen LogP contribution in [0.15, 0.2) is 18.2 Å². The highest BCUT2D eigenvalue weighted by Crippen LogP contribution is 2.38. The predicted molar refractivity (Wildman–Crippen MR) is 109 cm³/mol. The van der Waals surface area contributed by atoms with Gasteiger partial charge in [-0.1, -0.05) is 11.6 Å². The Labute approximate surface area is 169 Å². The second-order valence-electron chi connectivity index (χ2n) is 5.83. The van der Waals surface area contributed by atoms with Crippen LogP contribution in [-0.4, -0.2) is 56.6 Å². The number of methoxy groups -OCH3 is 1. The lowest BCUT2D eigenvalue weighted by Gasteiger charge is -2.20. The molecule has 0 saturated heterocycles. The lowest BCUT2D eigenvalue weighted by atomic mass is 10.2. The molecule has 2 rings (SSSR count). The molecule has 1 amide bonds. The topological polar surface area (TPSA) is 72.1 Å². The zero-order valence-electron chi connectivity index (χ0n) is 15.4. The molecule has 0 spiro atoms. The van der Waals surface area contributed by atoms with Crippen LogP contribution < -0.4 is 20.2 Å². The van der Waals surface area contributed by atoms with Gasteiger partial charge in [-0.15, -0.1) is 0 Å². The lowest BCUT2D eigenvalue weighted by Crippen LogP contribution is -2.47. The van der Waals surface area contributed by atoms with Gasteiger partial charge < -0.3 is 19.5 Å². The van der Waals surface area contributed by atoms with Crippen LogP contribution in [0, 0.1) is 0 Å². The Hall–Kier alpha value is -2.03.